The molecule has 2 heterocycles. The van der Waals surface area contributed by atoms with E-state index in [4.69, 9.17) is 0 Å². The van der Waals surface area contributed by atoms with Crippen molar-refractivity contribution in [3.05, 3.63) is 22.8 Å². The third-order valence-corrected chi connectivity index (χ3v) is 3.66. The standard InChI is InChI=1S/C12H15BrN4/c1-2-3-8-6-10(8)14-12-15-11-5-4-9(13)7-17(11)16-12/h4-5,7-8,10H,2-3,6H2,1H3,(H,14,16). The molecule has 90 valence electrons. The van der Waals surface area contributed by atoms with Crippen LogP contribution in [0.25, 0.3) is 5.65 Å². The van der Waals surface area contributed by atoms with E-state index in [9.17, 15) is 0 Å². The van der Waals surface area contributed by atoms with E-state index in [1.165, 1.54) is 19.3 Å². The van der Waals surface area contributed by atoms with Crippen molar-refractivity contribution < 1.29 is 0 Å². The average molecular weight is 295 g/mol. The van der Waals surface area contributed by atoms with Crippen LogP contribution in [0.4, 0.5) is 5.95 Å². The van der Waals surface area contributed by atoms with Crippen LogP contribution in [0.3, 0.4) is 0 Å². The van der Waals surface area contributed by atoms with Crippen LogP contribution in [0.1, 0.15) is 26.2 Å². The van der Waals surface area contributed by atoms with Crippen LogP contribution in [0.2, 0.25) is 0 Å². The molecule has 0 aliphatic heterocycles. The first kappa shape index (κ1) is 11.0. The Balaban J connectivity index is 1.74. The largest absolute Gasteiger partial charge is 0.350 e. The Morgan fingerprint density at radius 2 is 2.41 bits per heavy atom. The van der Waals surface area contributed by atoms with E-state index in [1.54, 1.807) is 4.52 Å². The highest BCUT2D eigenvalue weighted by Crippen LogP contribution is 2.36. The minimum Gasteiger partial charge on any atom is -0.350 e. The fourth-order valence-corrected chi connectivity index (χ4v) is 2.53. The molecule has 1 N–H and O–H groups in total. The number of fused-ring (bicyclic) bond motifs is 1. The molecule has 17 heavy (non-hydrogen) atoms. The first-order chi connectivity index (χ1) is 8.26. The topological polar surface area (TPSA) is 42.2 Å². The average Bonchev–Trinajstić information content (AvgIpc) is 2.88. The van der Waals surface area contributed by atoms with Gasteiger partial charge in [0.2, 0.25) is 5.95 Å². The van der Waals surface area contributed by atoms with Crippen molar-refractivity contribution in [2.75, 3.05) is 5.32 Å². The van der Waals surface area contributed by atoms with Crippen LogP contribution in [-0.2, 0) is 0 Å². The molecule has 3 rings (SSSR count). The van der Waals surface area contributed by atoms with Crippen molar-refractivity contribution in [2.45, 2.75) is 32.2 Å². The van der Waals surface area contributed by atoms with Crippen molar-refractivity contribution in [3.63, 3.8) is 0 Å². The number of anilines is 1. The molecule has 4 nitrogen and oxygen atoms in total. The molecule has 2 unspecified atom stereocenters. The monoisotopic (exact) mass is 294 g/mol. The van der Waals surface area contributed by atoms with E-state index < -0.39 is 0 Å². The van der Waals surface area contributed by atoms with E-state index in [0.29, 0.717) is 6.04 Å². The molecule has 0 saturated heterocycles. The van der Waals surface area contributed by atoms with Crippen molar-refractivity contribution in [1.29, 1.82) is 0 Å². The predicted molar refractivity (Wildman–Crippen MR) is 71.1 cm³/mol. The summed E-state index contributed by atoms with van der Waals surface area (Å²) in [6.45, 7) is 2.23. The highest BCUT2D eigenvalue weighted by molar-refractivity contribution is 9.10. The molecular weight excluding hydrogens is 280 g/mol. The molecular formula is C12H15BrN4. The Kier molecular flexibility index (Phi) is 2.78. The molecule has 0 aromatic carbocycles. The molecule has 0 radical (unpaired) electrons. The third kappa shape index (κ3) is 2.29. The quantitative estimate of drug-likeness (QED) is 0.942. The van der Waals surface area contributed by atoms with Gasteiger partial charge in [0.25, 0.3) is 0 Å². The second-order valence-corrected chi connectivity index (χ2v) is 5.54. The van der Waals surface area contributed by atoms with Crippen molar-refractivity contribution in [2.24, 2.45) is 5.92 Å². The van der Waals surface area contributed by atoms with Crippen LogP contribution < -0.4 is 5.32 Å². The van der Waals surface area contributed by atoms with Gasteiger partial charge < -0.3 is 5.32 Å². The Morgan fingerprint density at radius 1 is 1.53 bits per heavy atom. The molecule has 0 bridgehead atoms. The van der Waals surface area contributed by atoms with Crippen molar-refractivity contribution >= 4 is 27.5 Å². The lowest BCUT2D eigenvalue weighted by Gasteiger charge is -1.98. The van der Waals surface area contributed by atoms with E-state index in [1.807, 2.05) is 18.3 Å². The molecule has 0 spiro atoms. The number of hydrogen-bond donors (Lipinski definition) is 1. The molecule has 2 aromatic rings. The van der Waals surface area contributed by atoms with Crippen LogP contribution in [0.5, 0.6) is 0 Å². The fourth-order valence-electron chi connectivity index (χ4n) is 2.20. The Labute approximate surface area is 109 Å². The fraction of sp³-hybridized carbons (Fsp3) is 0.500. The van der Waals surface area contributed by atoms with Crippen LogP contribution in [0.15, 0.2) is 22.8 Å². The van der Waals surface area contributed by atoms with E-state index in [2.05, 4.69) is 38.3 Å². The van der Waals surface area contributed by atoms with Gasteiger partial charge in [0, 0.05) is 16.7 Å². The molecule has 1 aliphatic carbocycles. The molecule has 5 heteroatoms. The number of halogens is 1. The van der Waals surface area contributed by atoms with Crippen LogP contribution in [0, 0.1) is 5.92 Å². The highest BCUT2D eigenvalue weighted by Gasteiger charge is 2.36. The first-order valence-corrected chi connectivity index (χ1v) is 6.84. The number of aromatic nitrogens is 3. The van der Waals surface area contributed by atoms with Gasteiger partial charge in [-0.2, -0.15) is 4.98 Å². The maximum atomic E-state index is 4.45. The summed E-state index contributed by atoms with van der Waals surface area (Å²) in [6, 6.07) is 4.51. The summed E-state index contributed by atoms with van der Waals surface area (Å²) < 4.78 is 2.81. The maximum Gasteiger partial charge on any atom is 0.243 e. The van der Waals surface area contributed by atoms with E-state index >= 15 is 0 Å². The minimum absolute atomic E-state index is 0.579. The van der Waals surface area contributed by atoms with Crippen LogP contribution in [-0.4, -0.2) is 20.6 Å². The van der Waals surface area contributed by atoms with E-state index in [-0.39, 0.29) is 0 Å². The van der Waals surface area contributed by atoms with Gasteiger partial charge in [-0.3, -0.25) is 0 Å². The Morgan fingerprint density at radius 3 is 3.24 bits per heavy atom. The zero-order valence-corrected chi connectivity index (χ0v) is 11.3. The molecule has 1 aliphatic rings. The summed E-state index contributed by atoms with van der Waals surface area (Å²) in [6.07, 6.45) is 5.74. The smallest absolute Gasteiger partial charge is 0.243 e. The SMILES string of the molecule is CCCC1CC1Nc1nc2ccc(Br)cn2n1. The molecule has 0 amide bonds. The second kappa shape index (κ2) is 4.29. The van der Waals surface area contributed by atoms with Gasteiger partial charge in [0.05, 0.1) is 0 Å². The number of nitrogens with one attached hydrogen (secondary N) is 1. The number of rotatable bonds is 4. The summed E-state index contributed by atoms with van der Waals surface area (Å²) >= 11 is 3.43. The molecule has 2 atom stereocenters. The zero-order chi connectivity index (χ0) is 11.8. The van der Waals surface area contributed by atoms with Gasteiger partial charge in [-0.1, -0.05) is 13.3 Å². The van der Waals surface area contributed by atoms with E-state index in [0.717, 1.165) is 22.0 Å². The third-order valence-electron chi connectivity index (χ3n) is 3.19. The number of hydrogen-bond acceptors (Lipinski definition) is 3. The van der Waals surface area contributed by atoms with Crippen molar-refractivity contribution in [3.8, 4) is 0 Å². The zero-order valence-electron chi connectivity index (χ0n) is 9.73. The lowest BCUT2D eigenvalue weighted by atomic mass is 10.2. The predicted octanol–water partition coefficient (Wildman–Crippen LogP) is 3.09. The maximum absolute atomic E-state index is 4.45. The molecule has 1 saturated carbocycles. The van der Waals surface area contributed by atoms with Gasteiger partial charge in [-0.25, -0.2) is 4.52 Å². The van der Waals surface area contributed by atoms with Gasteiger partial charge in [0.15, 0.2) is 5.65 Å². The highest BCUT2D eigenvalue weighted by atomic mass is 79.9. The normalized spacial score (nSPS) is 22.9. The first-order valence-electron chi connectivity index (χ1n) is 6.04. The number of nitrogens with zero attached hydrogens (tertiary/aromatic N) is 3. The van der Waals surface area contributed by atoms with Gasteiger partial charge in [0.1, 0.15) is 0 Å². The van der Waals surface area contributed by atoms with Gasteiger partial charge >= 0.3 is 0 Å². The Bertz CT molecular complexity index is 536. The summed E-state index contributed by atoms with van der Waals surface area (Å²) in [5.41, 5.74) is 0.878. The summed E-state index contributed by atoms with van der Waals surface area (Å²) in [7, 11) is 0. The molecule has 2 aromatic heterocycles. The Hall–Kier alpha value is -1.10. The lowest BCUT2D eigenvalue weighted by molar-refractivity contribution is 0.691. The van der Waals surface area contributed by atoms with Gasteiger partial charge in [-0.15, -0.1) is 5.10 Å². The summed E-state index contributed by atoms with van der Waals surface area (Å²) in [5, 5.41) is 7.81. The summed E-state index contributed by atoms with van der Waals surface area (Å²) in [4.78, 5) is 4.45. The summed E-state index contributed by atoms with van der Waals surface area (Å²) in [5.74, 6) is 1.56. The van der Waals surface area contributed by atoms with Crippen LogP contribution >= 0.6 is 15.9 Å². The lowest BCUT2D eigenvalue weighted by Crippen LogP contribution is -2.06. The number of pyridine rings is 1. The minimum atomic E-state index is 0.579. The van der Waals surface area contributed by atoms with Gasteiger partial charge in [-0.05, 0) is 46.8 Å². The second-order valence-electron chi connectivity index (χ2n) is 4.62. The molecule has 1 fully saturated rings. The van der Waals surface area contributed by atoms with Crippen molar-refractivity contribution in [1.82, 2.24) is 14.6 Å².